The molecule has 0 fully saturated rings. The van der Waals surface area contributed by atoms with Gasteiger partial charge in [0.25, 0.3) is 0 Å². The molecule has 1 aliphatic heterocycles. The van der Waals surface area contributed by atoms with Gasteiger partial charge < -0.3 is 10.0 Å². The molecule has 1 amide bonds. The summed E-state index contributed by atoms with van der Waals surface area (Å²) in [6, 6.07) is 6.88. The van der Waals surface area contributed by atoms with Gasteiger partial charge in [0.1, 0.15) is 6.04 Å². The minimum atomic E-state index is -0.959. The Bertz CT molecular complexity index is 584. The molecular formula is C18H21NO3. The van der Waals surface area contributed by atoms with Crippen molar-refractivity contribution in [3.63, 3.8) is 0 Å². The summed E-state index contributed by atoms with van der Waals surface area (Å²) >= 11 is 0. The van der Waals surface area contributed by atoms with Crippen LogP contribution >= 0.6 is 0 Å². The van der Waals surface area contributed by atoms with Crippen molar-refractivity contribution in [1.29, 1.82) is 0 Å². The van der Waals surface area contributed by atoms with E-state index in [0.29, 0.717) is 25.8 Å². The molecular weight excluding hydrogens is 278 g/mol. The SMILES string of the molecule is C=CCC(CC=C)C(=O)N1Cc2ccccc2CC1C(=O)O. The monoisotopic (exact) mass is 299 g/mol. The Morgan fingerprint density at radius 3 is 2.36 bits per heavy atom. The zero-order valence-electron chi connectivity index (χ0n) is 12.6. The molecule has 1 aromatic carbocycles. The summed E-state index contributed by atoms with van der Waals surface area (Å²) in [5, 5.41) is 9.49. The van der Waals surface area contributed by atoms with E-state index in [9.17, 15) is 14.7 Å². The number of amides is 1. The molecule has 116 valence electrons. The van der Waals surface area contributed by atoms with Gasteiger partial charge in [0.2, 0.25) is 5.91 Å². The van der Waals surface area contributed by atoms with Gasteiger partial charge in [-0.15, -0.1) is 13.2 Å². The van der Waals surface area contributed by atoms with Crippen molar-refractivity contribution in [2.75, 3.05) is 0 Å². The molecule has 1 heterocycles. The number of hydrogen-bond acceptors (Lipinski definition) is 2. The molecule has 1 atom stereocenters. The van der Waals surface area contributed by atoms with Gasteiger partial charge in [-0.2, -0.15) is 0 Å². The minimum Gasteiger partial charge on any atom is -0.480 e. The van der Waals surface area contributed by atoms with E-state index in [1.165, 1.54) is 4.90 Å². The van der Waals surface area contributed by atoms with Crippen LogP contribution in [0.2, 0.25) is 0 Å². The van der Waals surface area contributed by atoms with Crippen molar-refractivity contribution in [1.82, 2.24) is 4.90 Å². The zero-order valence-corrected chi connectivity index (χ0v) is 12.6. The van der Waals surface area contributed by atoms with Crippen LogP contribution in [0.3, 0.4) is 0 Å². The van der Waals surface area contributed by atoms with E-state index in [1.54, 1.807) is 12.2 Å². The summed E-state index contributed by atoms with van der Waals surface area (Å²) < 4.78 is 0. The first kappa shape index (κ1) is 16.0. The van der Waals surface area contributed by atoms with E-state index < -0.39 is 12.0 Å². The van der Waals surface area contributed by atoms with Crippen LogP contribution in [0.1, 0.15) is 24.0 Å². The maximum absolute atomic E-state index is 12.8. The van der Waals surface area contributed by atoms with Gasteiger partial charge >= 0.3 is 5.97 Å². The lowest BCUT2D eigenvalue weighted by molar-refractivity contribution is -0.153. The highest BCUT2D eigenvalue weighted by Gasteiger charge is 2.36. The van der Waals surface area contributed by atoms with Crippen LogP contribution in [0, 0.1) is 5.92 Å². The van der Waals surface area contributed by atoms with Crippen LogP contribution in [0.25, 0.3) is 0 Å². The van der Waals surface area contributed by atoms with E-state index in [0.717, 1.165) is 11.1 Å². The predicted octanol–water partition coefficient (Wildman–Crippen LogP) is 2.79. The molecule has 0 aliphatic carbocycles. The number of aliphatic carboxylic acids is 1. The molecule has 0 spiro atoms. The first-order chi connectivity index (χ1) is 10.6. The van der Waals surface area contributed by atoms with Crippen LogP contribution in [0.15, 0.2) is 49.6 Å². The van der Waals surface area contributed by atoms with Gasteiger partial charge in [-0.3, -0.25) is 4.79 Å². The third-order valence-corrected chi connectivity index (χ3v) is 4.07. The third-order valence-electron chi connectivity index (χ3n) is 4.07. The van der Waals surface area contributed by atoms with Crippen molar-refractivity contribution < 1.29 is 14.7 Å². The van der Waals surface area contributed by atoms with Crippen LogP contribution in [-0.4, -0.2) is 27.9 Å². The summed E-state index contributed by atoms with van der Waals surface area (Å²) in [5.74, 6) is -1.39. The van der Waals surface area contributed by atoms with E-state index in [1.807, 2.05) is 24.3 Å². The van der Waals surface area contributed by atoms with Crippen LogP contribution in [0.4, 0.5) is 0 Å². The van der Waals surface area contributed by atoms with Gasteiger partial charge in [-0.25, -0.2) is 4.79 Å². The van der Waals surface area contributed by atoms with Gasteiger partial charge in [0, 0.05) is 18.9 Å². The van der Waals surface area contributed by atoms with Gasteiger partial charge in [-0.1, -0.05) is 36.4 Å². The number of hydrogen-bond donors (Lipinski definition) is 1. The molecule has 1 aliphatic rings. The van der Waals surface area contributed by atoms with E-state index >= 15 is 0 Å². The Kier molecular flexibility index (Phi) is 5.15. The van der Waals surface area contributed by atoms with Crippen LogP contribution < -0.4 is 0 Å². The summed E-state index contributed by atoms with van der Waals surface area (Å²) in [6.45, 7) is 7.70. The average Bonchev–Trinajstić information content (AvgIpc) is 2.52. The Morgan fingerprint density at radius 2 is 1.82 bits per heavy atom. The quantitative estimate of drug-likeness (QED) is 0.822. The molecule has 0 radical (unpaired) electrons. The van der Waals surface area contributed by atoms with Gasteiger partial charge in [-0.05, 0) is 24.0 Å². The van der Waals surface area contributed by atoms with Gasteiger partial charge in [0.15, 0.2) is 0 Å². The maximum atomic E-state index is 12.8. The summed E-state index contributed by atoms with van der Waals surface area (Å²) in [7, 11) is 0. The zero-order chi connectivity index (χ0) is 16.1. The standard InChI is InChI=1S/C18H21NO3/c1-3-7-13(8-4-2)17(20)19-12-15-10-6-5-9-14(15)11-16(19)18(21)22/h3-6,9-10,13,16H,1-2,7-8,11-12H2,(H,21,22). The Morgan fingerprint density at radius 1 is 1.23 bits per heavy atom. The summed E-state index contributed by atoms with van der Waals surface area (Å²) in [5.41, 5.74) is 2.02. The number of nitrogens with zero attached hydrogens (tertiary/aromatic N) is 1. The number of rotatable bonds is 6. The largest absolute Gasteiger partial charge is 0.480 e. The number of carboxylic acids is 1. The molecule has 2 rings (SSSR count). The lowest BCUT2D eigenvalue weighted by atomic mass is 9.91. The fraction of sp³-hybridized carbons (Fsp3) is 0.333. The second kappa shape index (κ2) is 7.07. The van der Waals surface area contributed by atoms with Crippen LogP contribution in [-0.2, 0) is 22.6 Å². The third kappa shape index (κ3) is 3.27. The topological polar surface area (TPSA) is 57.6 Å². The molecule has 0 saturated heterocycles. The Balaban J connectivity index is 2.30. The molecule has 4 heteroatoms. The van der Waals surface area contributed by atoms with Crippen molar-refractivity contribution in [3.8, 4) is 0 Å². The second-order valence-corrected chi connectivity index (χ2v) is 5.54. The molecule has 0 aromatic heterocycles. The Hall–Kier alpha value is -2.36. The highest BCUT2D eigenvalue weighted by Crippen LogP contribution is 2.26. The number of allylic oxidation sites excluding steroid dienone is 2. The lowest BCUT2D eigenvalue weighted by Gasteiger charge is -2.36. The van der Waals surface area contributed by atoms with Crippen LogP contribution in [0.5, 0.6) is 0 Å². The number of benzene rings is 1. The summed E-state index contributed by atoms with van der Waals surface area (Å²) in [6.07, 6.45) is 4.79. The first-order valence-corrected chi connectivity index (χ1v) is 7.40. The summed E-state index contributed by atoms with van der Waals surface area (Å²) in [4.78, 5) is 25.8. The minimum absolute atomic E-state index is 0.137. The normalized spacial score (nSPS) is 17.0. The van der Waals surface area contributed by atoms with Crippen molar-refractivity contribution in [2.45, 2.75) is 31.8 Å². The van der Waals surface area contributed by atoms with Gasteiger partial charge in [0.05, 0.1) is 0 Å². The van der Waals surface area contributed by atoms with E-state index in [-0.39, 0.29) is 11.8 Å². The Labute approximate surface area is 130 Å². The fourth-order valence-electron chi connectivity index (χ4n) is 2.91. The van der Waals surface area contributed by atoms with E-state index in [4.69, 9.17) is 0 Å². The fourth-order valence-corrected chi connectivity index (χ4v) is 2.91. The van der Waals surface area contributed by atoms with Crippen molar-refractivity contribution >= 4 is 11.9 Å². The molecule has 1 unspecified atom stereocenters. The highest BCUT2D eigenvalue weighted by molar-refractivity contribution is 5.86. The molecule has 1 aromatic rings. The van der Waals surface area contributed by atoms with E-state index in [2.05, 4.69) is 13.2 Å². The maximum Gasteiger partial charge on any atom is 0.326 e. The van der Waals surface area contributed by atoms with Crippen molar-refractivity contribution in [3.05, 3.63) is 60.7 Å². The molecule has 0 bridgehead atoms. The number of carbonyl (C=O) groups excluding carboxylic acids is 1. The second-order valence-electron chi connectivity index (χ2n) is 5.54. The highest BCUT2D eigenvalue weighted by atomic mass is 16.4. The molecule has 1 N–H and O–H groups in total. The number of carbonyl (C=O) groups is 2. The molecule has 0 saturated carbocycles. The number of carboxylic acid groups (broad SMARTS) is 1. The van der Waals surface area contributed by atoms with Crippen molar-refractivity contribution in [2.24, 2.45) is 5.92 Å². The number of fused-ring (bicyclic) bond motifs is 1. The predicted molar refractivity (Wildman–Crippen MR) is 85.2 cm³/mol. The molecule has 22 heavy (non-hydrogen) atoms. The molecule has 4 nitrogen and oxygen atoms in total. The smallest absolute Gasteiger partial charge is 0.326 e. The average molecular weight is 299 g/mol. The first-order valence-electron chi connectivity index (χ1n) is 7.40. The lowest BCUT2D eigenvalue weighted by Crippen LogP contribution is -2.50.